The largest absolute Gasteiger partial charge is 0.482 e. The molecular weight excluding hydrogens is 434 g/mol. The second kappa shape index (κ2) is 8.70. The zero-order valence-electron chi connectivity index (χ0n) is 15.2. The molecule has 6 nitrogen and oxygen atoms in total. The van der Waals surface area contributed by atoms with Gasteiger partial charge in [0.05, 0.1) is 5.52 Å². The predicted molar refractivity (Wildman–Crippen MR) is 115 cm³/mol. The fourth-order valence-electron chi connectivity index (χ4n) is 2.72. The molecule has 0 aliphatic carbocycles. The van der Waals surface area contributed by atoms with Crippen molar-refractivity contribution in [3.63, 3.8) is 0 Å². The van der Waals surface area contributed by atoms with Gasteiger partial charge in [0, 0.05) is 21.6 Å². The Morgan fingerprint density at radius 3 is 2.62 bits per heavy atom. The number of carbonyl (C=O) groups is 1. The first-order valence-electron chi connectivity index (χ1n) is 8.83. The summed E-state index contributed by atoms with van der Waals surface area (Å²) in [5.74, 6) is 1.20. The van der Waals surface area contributed by atoms with Gasteiger partial charge in [0.25, 0.3) is 0 Å². The number of nitrogens with zero attached hydrogens (tertiary/aromatic N) is 2. The van der Waals surface area contributed by atoms with Gasteiger partial charge in [0.1, 0.15) is 23.6 Å². The van der Waals surface area contributed by atoms with Crippen LogP contribution in [0.2, 0.25) is 0 Å². The Balaban J connectivity index is 1.45. The van der Waals surface area contributed by atoms with Crippen LogP contribution in [0, 0.1) is 0 Å². The van der Waals surface area contributed by atoms with E-state index in [0.29, 0.717) is 17.3 Å². The van der Waals surface area contributed by atoms with Crippen molar-refractivity contribution >= 4 is 44.3 Å². The molecular formula is C22H16BrN3O3. The van der Waals surface area contributed by atoms with Crippen LogP contribution < -0.4 is 14.8 Å². The van der Waals surface area contributed by atoms with E-state index >= 15 is 0 Å². The summed E-state index contributed by atoms with van der Waals surface area (Å²) in [6.07, 6.45) is 1.50. The minimum atomic E-state index is -0.484. The molecule has 0 aliphatic rings. The Labute approximate surface area is 175 Å². The van der Waals surface area contributed by atoms with E-state index in [4.69, 9.17) is 9.47 Å². The summed E-state index contributed by atoms with van der Waals surface area (Å²) >= 11 is 3.47. The Bertz CT molecular complexity index is 1150. The lowest BCUT2D eigenvalue weighted by Crippen LogP contribution is -2.17. The van der Waals surface area contributed by atoms with Gasteiger partial charge in [0.15, 0.2) is 6.61 Å². The maximum Gasteiger partial charge on any atom is 0.349 e. The highest BCUT2D eigenvalue weighted by molar-refractivity contribution is 9.10. The van der Waals surface area contributed by atoms with Gasteiger partial charge in [-0.25, -0.2) is 14.8 Å². The minimum Gasteiger partial charge on any atom is -0.482 e. The summed E-state index contributed by atoms with van der Waals surface area (Å²) in [6.45, 7) is -0.174. The SMILES string of the molecule is O=C(COc1ccccc1)Oc1cccc(Nc2ncnc3ccc(Br)cc23)c1. The van der Waals surface area contributed by atoms with Crippen molar-refractivity contribution in [1.29, 1.82) is 0 Å². The van der Waals surface area contributed by atoms with Gasteiger partial charge in [0.2, 0.25) is 0 Å². The fourth-order valence-corrected chi connectivity index (χ4v) is 3.08. The van der Waals surface area contributed by atoms with E-state index in [1.54, 1.807) is 30.3 Å². The second-order valence-corrected chi connectivity index (χ2v) is 7.03. The lowest BCUT2D eigenvalue weighted by molar-refractivity contribution is -0.136. The molecule has 0 saturated heterocycles. The molecule has 4 aromatic rings. The van der Waals surface area contributed by atoms with Crippen LogP contribution >= 0.6 is 15.9 Å². The number of hydrogen-bond donors (Lipinski definition) is 1. The van der Waals surface area contributed by atoms with Crippen LogP contribution in [0.1, 0.15) is 0 Å². The standard InChI is InChI=1S/C22H16BrN3O3/c23-15-9-10-20-19(11-15)22(25-14-24-20)26-16-5-4-8-18(12-16)29-21(27)13-28-17-6-2-1-3-7-17/h1-12,14H,13H2,(H,24,25,26). The van der Waals surface area contributed by atoms with Crippen LogP contribution in [0.4, 0.5) is 11.5 Å². The number of aromatic nitrogens is 2. The van der Waals surface area contributed by atoms with Crippen LogP contribution in [0.3, 0.4) is 0 Å². The van der Waals surface area contributed by atoms with Crippen molar-refractivity contribution in [1.82, 2.24) is 9.97 Å². The van der Waals surface area contributed by atoms with E-state index in [-0.39, 0.29) is 6.61 Å². The number of esters is 1. The van der Waals surface area contributed by atoms with Gasteiger partial charge >= 0.3 is 5.97 Å². The highest BCUT2D eigenvalue weighted by atomic mass is 79.9. The second-order valence-electron chi connectivity index (χ2n) is 6.11. The number of rotatable bonds is 6. The summed E-state index contributed by atoms with van der Waals surface area (Å²) in [7, 11) is 0. The number of halogens is 1. The Hall–Kier alpha value is -3.45. The summed E-state index contributed by atoms with van der Waals surface area (Å²) < 4.78 is 11.7. The molecule has 144 valence electrons. The van der Waals surface area contributed by atoms with Crippen molar-refractivity contribution in [3.05, 3.63) is 83.6 Å². The molecule has 1 heterocycles. The number of benzene rings is 3. The normalized spacial score (nSPS) is 10.5. The first-order chi connectivity index (χ1) is 14.2. The lowest BCUT2D eigenvalue weighted by atomic mass is 10.2. The van der Waals surface area contributed by atoms with Crippen molar-refractivity contribution in [3.8, 4) is 11.5 Å². The Kier molecular flexibility index (Phi) is 5.67. The number of nitrogens with one attached hydrogen (secondary N) is 1. The van der Waals surface area contributed by atoms with E-state index in [1.807, 2.05) is 42.5 Å². The zero-order valence-corrected chi connectivity index (χ0v) is 16.8. The van der Waals surface area contributed by atoms with Gasteiger partial charge in [-0.15, -0.1) is 0 Å². The van der Waals surface area contributed by atoms with Gasteiger partial charge < -0.3 is 14.8 Å². The molecule has 1 N–H and O–H groups in total. The van der Waals surface area contributed by atoms with Gasteiger partial charge in [-0.05, 0) is 42.5 Å². The molecule has 1 aromatic heterocycles. The molecule has 0 unspecified atom stereocenters. The minimum absolute atomic E-state index is 0.174. The summed E-state index contributed by atoms with van der Waals surface area (Å²) in [5, 5.41) is 4.13. The van der Waals surface area contributed by atoms with E-state index < -0.39 is 5.97 Å². The van der Waals surface area contributed by atoms with Crippen LogP contribution in [0.25, 0.3) is 10.9 Å². The molecule has 3 aromatic carbocycles. The average Bonchev–Trinajstić information content (AvgIpc) is 2.74. The number of carbonyl (C=O) groups excluding carboxylic acids is 1. The first-order valence-corrected chi connectivity index (χ1v) is 9.62. The molecule has 29 heavy (non-hydrogen) atoms. The molecule has 0 saturated carbocycles. The highest BCUT2D eigenvalue weighted by Crippen LogP contribution is 2.27. The smallest absolute Gasteiger partial charge is 0.349 e. The first kappa shape index (κ1) is 18.9. The van der Waals surface area contributed by atoms with E-state index in [9.17, 15) is 4.79 Å². The van der Waals surface area contributed by atoms with Crippen LogP contribution in [0.15, 0.2) is 83.6 Å². The van der Waals surface area contributed by atoms with E-state index in [0.717, 1.165) is 21.1 Å². The summed E-state index contributed by atoms with van der Waals surface area (Å²) in [5.41, 5.74) is 1.56. The van der Waals surface area contributed by atoms with Crippen LogP contribution in [0.5, 0.6) is 11.5 Å². The maximum atomic E-state index is 12.1. The number of ether oxygens (including phenoxy) is 2. The third-order valence-electron chi connectivity index (χ3n) is 4.03. The van der Waals surface area contributed by atoms with Crippen molar-refractivity contribution in [2.45, 2.75) is 0 Å². The number of fused-ring (bicyclic) bond motifs is 1. The van der Waals surface area contributed by atoms with Gasteiger partial charge in [-0.2, -0.15) is 0 Å². The summed E-state index contributed by atoms with van der Waals surface area (Å²) in [6, 6.07) is 22.0. The molecule has 0 amide bonds. The average molecular weight is 450 g/mol. The fraction of sp³-hybridized carbons (Fsp3) is 0.0455. The topological polar surface area (TPSA) is 73.3 Å². The van der Waals surface area contributed by atoms with Crippen molar-refractivity contribution in [2.24, 2.45) is 0 Å². The van der Waals surface area contributed by atoms with Gasteiger partial charge in [-0.3, -0.25) is 0 Å². The molecule has 0 radical (unpaired) electrons. The number of para-hydroxylation sites is 1. The third-order valence-corrected chi connectivity index (χ3v) is 4.52. The molecule has 0 spiro atoms. The van der Waals surface area contributed by atoms with E-state index in [2.05, 4.69) is 31.2 Å². The summed E-state index contributed by atoms with van der Waals surface area (Å²) in [4.78, 5) is 20.7. The quantitative estimate of drug-likeness (QED) is 0.325. The molecule has 7 heteroatoms. The van der Waals surface area contributed by atoms with Gasteiger partial charge in [-0.1, -0.05) is 40.2 Å². The Morgan fingerprint density at radius 1 is 0.931 bits per heavy atom. The Morgan fingerprint density at radius 2 is 1.76 bits per heavy atom. The molecule has 0 fully saturated rings. The third kappa shape index (κ3) is 4.89. The van der Waals surface area contributed by atoms with Crippen LogP contribution in [-0.2, 0) is 4.79 Å². The molecule has 4 rings (SSSR count). The lowest BCUT2D eigenvalue weighted by Gasteiger charge is -2.11. The molecule has 0 bridgehead atoms. The monoisotopic (exact) mass is 449 g/mol. The van der Waals surface area contributed by atoms with Crippen LogP contribution in [-0.4, -0.2) is 22.5 Å². The van der Waals surface area contributed by atoms with E-state index in [1.165, 1.54) is 6.33 Å². The number of hydrogen-bond acceptors (Lipinski definition) is 6. The maximum absolute atomic E-state index is 12.1. The predicted octanol–water partition coefficient (Wildman–Crippen LogP) is 5.12. The molecule has 0 aliphatic heterocycles. The zero-order chi connectivity index (χ0) is 20.1. The van der Waals surface area contributed by atoms with Crippen molar-refractivity contribution in [2.75, 3.05) is 11.9 Å². The number of anilines is 2. The highest BCUT2D eigenvalue weighted by Gasteiger charge is 2.09. The molecule has 0 atom stereocenters. The van der Waals surface area contributed by atoms with Crippen molar-refractivity contribution < 1.29 is 14.3 Å².